The standard InChI is InChI=1S/C11H11N3O3S/c1-3-17-11(15)8-6-18-10(14-8)7-4-13-9(16-2)5-12-7/h4-6H,3H2,1-2H3. The van der Waals surface area contributed by atoms with E-state index in [0.717, 1.165) is 0 Å². The fourth-order valence-corrected chi connectivity index (χ4v) is 1.97. The Morgan fingerprint density at radius 1 is 1.39 bits per heavy atom. The molecule has 0 spiro atoms. The van der Waals surface area contributed by atoms with Gasteiger partial charge in [0.25, 0.3) is 0 Å². The molecule has 0 amide bonds. The number of carbonyl (C=O) groups is 1. The number of hydrogen-bond acceptors (Lipinski definition) is 7. The predicted molar refractivity (Wildman–Crippen MR) is 65.6 cm³/mol. The highest BCUT2D eigenvalue weighted by Gasteiger charge is 2.13. The molecule has 0 atom stereocenters. The molecular weight excluding hydrogens is 254 g/mol. The van der Waals surface area contributed by atoms with Crippen molar-refractivity contribution in [3.8, 4) is 16.6 Å². The average molecular weight is 265 g/mol. The van der Waals surface area contributed by atoms with Crippen LogP contribution in [0, 0.1) is 0 Å². The Morgan fingerprint density at radius 3 is 2.83 bits per heavy atom. The number of esters is 1. The first-order valence-electron chi connectivity index (χ1n) is 5.23. The van der Waals surface area contributed by atoms with E-state index in [1.165, 1.54) is 24.6 Å². The van der Waals surface area contributed by atoms with Crippen LogP contribution in [0.3, 0.4) is 0 Å². The lowest BCUT2D eigenvalue weighted by Crippen LogP contribution is -2.04. The highest BCUT2D eigenvalue weighted by molar-refractivity contribution is 7.13. The molecule has 0 unspecified atom stereocenters. The molecule has 2 aromatic heterocycles. The van der Waals surface area contributed by atoms with Crippen molar-refractivity contribution in [2.45, 2.75) is 6.92 Å². The minimum absolute atomic E-state index is 0.287. The van der Waals surface area contributed by atoms with Gasteiger partial charge in [-0.15, -0.1) is 11.3 Å². The minimum atomic E-state index is -0.429. The van der Waals surface area contributed by atoms with Gasteiger partial charge in [0.05, 0.1) is 26.1 Å². The van der Waals surface area contributed by atoms with Crippen LogP contribution in [0.15, 0.2) is 17.8 Å². The van der Waals surface area contributed by atoms with E-state index in [4.69, 9.17) is 9.47 Å². The maximum Gasteiger partial charge on any atom is 0.357 e. The third-order valence-electron chi connectivity index (χ3n) is 2.05. The van der Waals surface area contributed by atoms with Gasteiger partial charge in [-0.1, -0.05) is 0 Å². The summed E-state index contributed by atoms with van der Waals surface area (Å²) in [6.07, 6.45) is 3.05. The van der Waals surface area contributed by atoms with Crippen LogP contribution in [0.4, 0.5) is 0 Å². The highest BCUT2D eigenvalue weighted by Crippen LogP contribution is 2.22. The van der Waals surface area contributed by atoms with Gasteiger partial charge in [0.2, 0.25) is 5.88 Å². The second-order valence-electron chi connectivity index (χ2n) is 3.20. The predicted octanol–water partition coefficient (Wildman–Crippen LogP) is 1.79. The summed E-state index contributed by atoms with van der Waals surface area (Å²) in [6.45, 7) is 2.08. The van der Waals surface area contributed by atoms with Gasteiger partial charge in [-0.05, 0) is 6.92 Å². The van der Waals surface area contributed by atoms with Gasteiger partial charge in [0.15, 0.2) is 5.69 Å². The molecule has 0 aromatic carbocycles. The summed E-state index contributed by atoms with van der Waals surface area (Å²) in [5, 5.41) is 2.26. The van der Waals surface area contributed by atoms with E-state index in [-0.39, 0.29) is 5.69 Å². The molecule has 18 heavy (non-hydrogen) atoms. The molecule has 0 saturated carbocycles. The second-order valence-corrected chi connectivity index (χ2v) is 4.06. The Morgan fingerprint density at radius 2 is 2.22 bits per heavy atom. The van der Waals surface area contributed by atoms with E-state index in [1.807, 2.05) is 0 Å². The lowest BCUT2D eigenvalue weighted by Gasteiger charge is -1.98. The zero-order valence-electron chi connectivity index (χ0n) is 9.91. The topological polar surface area (TPSA) is 74.2 Å². The molecule has 0 radical (unpaired) electrons. The van der Waals surface area contributed by atoms with Crippen LogP contribution in [0.1, 0.15) is 17.4 Å². The number of nitrogens with zero attached hydrogens (tertiary/aromatic N) is 3. The zero-order chi connectivity index (χ0) is 13.0. The van der Waals surface area contributed by atoms with Crippen molar-refractivity contribution in [2.75, 3.05) is 13.7 Å². The van der Waals surface area contributed by atoms with Crippen molar-refractivity contribution in [3.63, 3.8) is 0 Å². The van der Waals surface area contributed by atoms with E-state index in [2.05, 4.69) is 15.0 Å². The van der Waals surface area contributed by atoms with Gasteiger partial charge < -0.3 is 9.47 Å². The molecule has 0 saturated heterocycles. The third-order valence-corrected chi connectivity index (χ3v) is 2.91. The summed E-state index contributed by atoms with van der Waals surface area (Å²) in [4.78, 5) is 23.8. The second kappa shape index (κ2) is 5.54. The number of thiazole rings is 1. The maximum atomic E-state index is 11.5. The van der Waals surface area contributed by atoms with Crippen molar-refractivity contribution < 1.29 is 14.3 Å². The Bertz CT molecular complexity index is 539. The van der Waals surface area contributed by atoms with Crippen LogP contribution >= 0.6 is 11.3 Å². The molecule has 0 aliphatic heterocycles. The van der Waals surface area contributed by atoms with Gasteiger partial charge in [-0.3, -0.25) is 0 Å². The summed E-state index contributed by atoms with van der Waals surface area (Å²) in [5.41, 5.74) is 0.880. The molecule has 0 N–H and O–H groups in total. The number of rotatable bonds is 4. The highest BCUT2D eigenvalue weighted by atomic mass is 32.1. The SMILES string of the molecule is CCOC(=O)c1csc(-c2cnc(OC)cn2)n1. The summed E-state index contributed by atoms with van der Waals surface area (Å²) in [7, 11) is 1.52. The summed E-state index contributed by atoms with van der Waals surface area (Å²) in [6, 6.07) is 0. The van der Waals surface area contributed by atoms with Gasteiger partial charge in [0, 0.05) is 5.38 Å². The number of methoxy groups -OCH3 is 1. The van der Waals surface area contributed by atoms with Crippen LogP contribution in [0.2, 0.25) is 0 Å². The van der Waals surface area contributed by atoms with Crippen molar-refractivity contribution in [1.29, 1.82) is 0 Å². The smallest absolute Gasteiger partial charge is 0.357 e. The molecule has 94 valence electrons. The molecule has 6 nitrogen and oxygen atoms in total. The van der Waals surface area contributed by atoms with Gasteiger partial charge in [0.1, 0.15) is 10.7 Å². The molecule has 0 fully saturated rings. The Balaban J connectivity index is 2.20. The summed E-state index contributed by atoms with van der Waals surface area (Å²) >= 11 is 1.32. The van der Waals surface area contributed by atoms with Gasteiger partial charge in [-0.2, -0.15) is 0 Å². The lowest BCUT2D eigenvalue weighted by atomic mass is 10.4. The largest absolute Gasteiger partial charge is 0.480 e. The van der Waals surface area contributed by atoms with Crippen molar-refractivity contribution in [2.24, 2.45) is 0 Å². The van der Waals surface area contributed by atoms with E-state index < -0.39 is 5.97 Å². The van der Waals surface area contributed by atoms with E-state index in [0.29, 0.717) is 23.2 Å². The molecular formula is C11H11N3O3S. The Hall–Kier alpha value is -2.02. The van der Waals surface area contributed by atoms with Crippen LogP contribution in [0.25, 0.3) is 10.7 Å². The van der Waals surface area contributed by atoms with Crippen molar-refractivity contribution in [3.05, 3.63) is 23.5 Å². The van der Waals surface area contributed by atoms with E-state index in [9.17, 15) is 4.79 Å². The summed E-state index contributed by atoms with van der Waals surface area (Å²) in [5.74, 6) is 0.00222. The zero-order valence-corrected chi connectivity index (χ0v) is 10.7. The molecule has 0 bridgehead atoms. The lowest BCUT2D eigenvalue weighted by molar-refractivity contribution is 0.0520. The Labute approximate surface area is 108 Å². The molecule has 7 heteroatoms. The number of hydrogen-bond donors (Lipinski definition) is 0. The molecule has 2 aromatic rings. The molecule has 0 aliphatic carbocycles. The van der Waals surface area contributed by atoms with Gasteiger partial charge in [-0.25, -0.2) is 19.7 Å². The third kappa shape index (κ3) is 2.62. The maximum absolute atomic E-state index is 11.5. The van der Waals surface area contributed by atoms with Crippen molar-refractivity contribution >= 4 is 17.3 Å². The minimum Gasteiger partial charge on any atom is -0.480 e. The first-order chi connectivity index (χ1) is 8.74. The van der Waals surface area contributed by atoms with Crippen LogP contribution < -0.4 is 4.74 Å². The average Bonchev–Trinajstić information content (AvgIpc) is 2.89. The monoisotopic (exact) mass is 265 g/mol. The first-order valence-corrected chi connectivity index (χ1v) is 6.11. The normalized spacial score (nSPS) is 10.1. The van der Waals surface area contributed by atoms with Crippen molar-refractivity contribution in [1.82, 2.24) is 15.0 Å². The van der Waals surface area contributed by atoms with Crippen LogP contribution in [-0.2, 0) is 4.74 Å². The number of ether oxygens (including phenoxy) is 2. The quantitative estimate of drug-likeness (QED) is 0.784. The van der Waals surface area contributed by atoms with Gasteiger partial charge >= 0.3 is 5.97 Å². The fraction of sp³-hybridized carbons (Fsp3) is 0.273. The Kier molecular flexibility index (Phi) is 3.83. The fourth-order valence-electron chi connectivity index (χ4n) is 1.22. The molecule has 0 aliphatic rings. The summed E-state index contributed by atoms with van der Waals surface area (Å²) < 4.78 is 9.78. The molecule has 2 heterocycles. The first kappa shape index (κ1) is 12.4. The van der Waals surface area contributed by atoms with E-state index >= 15 is 0 Å². The molecule has 2 rings (SSSR count). The number of carbonyl (C=O) groups excluding carboxylic acids is 1. The van der Waals surface area contributed by atoms with E-state index in [1.54, 1.807) is 18.5 Å². The van der Waals surface area contributed by atoms with Crippen LogP contribution in [0.5, 0.6) is 5.88 Å². The number of aromatic nitrogens is 3. The van der Waals surface area contributed by atoms with Crippen LogP contribution in [-0.4, -0.2) is 34.6 Å².